The smallest absolute Gasteiger partial charge is 0.194 e. The van der Waals surface area contributed by atoms with Crippen LogP contribution >= 0.6 is 0 Å². The fourth-order valence-corrected chi connectivity index (χ4v) is 2.21. The maximum Gasteiger partial charge on any atom is 0.194 e. The maximum atomic E-state index is 5.77. The van der Waals surface area contributed by atoms with Crippen molar-refractivity contribution < 1.29 is 0 Å². The second kappa shape index (κ2) is 5.40. The molecule has 2 rings (SSSR count). The number of nitrogens with zero attached hydrogens (tertiary/aromatic N) is 1. The van der Waals surface area contributed by atoms with E-state index in [9.17, 15) is 0 Å². The first-order chi connectivity index (χ1) is 8.31. The van der Waals surface area contributed by atoms with Gasteiger partial charge in [0, 0.05) is 5.69 Å². The van der Waals surface area contributed by atoms with E-state index >= 15 is 0 Å². The van der Waals surface area contributed by atoms with Gasteiger partial charge in [-0.25, -0.2) is 4.99 Å². The Hall–Kier alpha value is -1.95. The van der Waals surface area contributed by atoms with Crippen LogP contribution in [-0.4, -0.2) is 12.5 Å². The van der Waals surface area contributed by atoms with Gasteiger partial charge in [-0.05, 0) is 42.9 Å². The molecule has 0 bridgehead atoms. The first kappa shape index (κ1) is 11.5. The Kier molecular flexibility index (Phi) is 3.66. The number of hydrogen-bond acceptors (Lipinski definition) is 1. The van der Waals surface area contributed by atoms with Gasteiger partial charge in [0.1, 0.15) is 6.54 Å². The second-order valence-corrected chi connectivity index (χ2v) is 4.18. The molecule has 0 saturated heterocycles. The zero-order valence-electron chi connectivity index (χ0n) is 9.87. The molecule has 0 fully saturated rings. The van der Waals surface area contributed by atoms with Crippen molar-refractivity contribution in [2.45, 2.75) is 25.7 Å². The summed E-state index contributed by atoms with van der Waals surface area (Å²) in [6.45, 7) is 0.313. The number of fused-ring (bicyclic) bond motifs is 1. The Balaban J connectivity index is 2.19. The van der Waals surface area contributed by atoms with Gasteiger partial charge < -0.3 is 11.1 Å². The molecule has 0 saturated carbocycles. The quantitative estimate of drug-likeness (QED) is 0.461. The van der Waals surface area contributed by atoms with E-state index in [2.05, 4.69) is 28.4 Å². The van der Waals surface area contributed by atoms with E-state index in [4.69, 9.17) is 12.2 Å². The van der Waals surface area contributed by atoms with Crippen molar-refractivity contribution in [3.8, 4) is 12.3 Å². The van der Waals surface area contributed by atoms with Crippen LogP contribution in [0.15, 0.2) is 23.2 Å². The van der Waals surface area contributed by atoms with Gasteiger partial charge in [0.2, 0.25) is 0 Å². The standard InChI is InChI=1S/C14H17N3/c1-2-10-16-14(15)17-13-9-5-7-11-6-3-4-8-12(11)13/h1,5,7,9H,3-4,6,8,10H2,(H3,15,16,17). The van der Waals surface area contributed by atoms with Crippen LogP contribution in [0.3, 0.4) is 0 Å². The minimum absolute atomic E-state index is 0.313. The van der Waals surface area contributed by atoms with Crippen LogP contribution in [0.2, 0.25) is 0 Å². The summed E-state index contributed by atoms with van der Waals surface area (Å²) in [5.41, 5.74) is 9.63. The number of terminal acetylenes is 1. The number of nitrogens with two attached hydrogens (primary N) is 1. The Labute approximate surface area is 102 Å². The number of hydrogen-bond donors (Lipinski definition) is 2. The lowest BCUT2D eigenvalue weighted by Crippen LogP contribution is -2.24. The third-order valence-corrected chi connectivity index (χ3v) is 3.00. The van der Waals surface area contributed by atoms with Crippen molar-refractivity contribution in [2.24, 2.45) is 10.7 Å². The summed E-state index contributed by atoms with van der Waals surface area (Å²) in [7, 11) is 0. The molecule has 3 N–H and O–H groups in total. The predicted molar refractivity (Wildman–Crippen MR) is 72.0 cm³/mol. The van der Waals surface area contributed by atoms with Crippen LogP contribution in [0.5, 0.6) is 0 Å². The minimum Gasteiger partial charge on any atom is -0.370 e. The molecule has 3 heteroatoms. The zero-order chi connectivity index (χ0) is 12.1. The van der Waals surface area contributed by atoms with Gasteiger partial charge in [0.05, 0.1) is 0 Å². The molecule has 17 heavy (non-hydrogen) atoms. The van der Waals surface area contributed by atoms with Gasteiger partial charge in [0.25, 0.3) is 0 Å². The van der Waals surface area contributed by atoms with E-state index in [-0.39, 0.29) is 0 Å². The summed E-state index contributed by atoms with van der Waals surface area (Å²) >= 11 is 0. The van der Waals surface area contributed by atoms with Gasteiger partial charge in [-0.2, -0.15) is 0 Å². The lowest BCUT2D eigenvalue weighted by atomic mass is 9.90. The third kappa shape index (κ3) is 2.79. The second-order valence-electron chi connectivity index (χ2n) is 4.18. The summed E-state index contributed by atoms with van der Waals surface area (Å²) in [5, 5.41) is 3.14. The van der Waals surface area contributed by atoms with Crippen molar-refractivity contribution in [1.29, 1.82) is 0 Å². The van der Waals surface area contributed by atoms with Gasteiger partial charge in [-0.15, -0.1) is 6.42 Å². The molecule has 0 amide bonds. The molecular formula is C14H17N3. The highest BCUT2D eigenvalue weighted by Crippen LogP contribution is 2.27. The van der Waals surface area contributed by atoms with Crippen LogP contribution in [0.1, 0.15) is 24.0 Å². The van der Waals surface area contributed by atoms with Gasteiger partial charge >= 0.3 is 0 Å². The van der Waals surface area contributed by atoms with Gasteiger partial charge in [0.15, 0.2) is 5.96 Å². The summed E-state index contributed by atoms with van der Waals surface area (Å²) in [6.07, 6.45) is 9.93. The molecule has 0 unspecified atom stereocenters. The molecule has 1 aliphatic carbocycles. The third-order valence-electron chi connectivity index (χ3n) is 3.00. The molecule has 3 nitrogen and oxygen atoms in total. The van der Waals surface area contributed by atoms with E-state index in [1.165, 1.54) is 24.0 Å². The van der Waals surface area contributed by atoms with Crippen LogP contribution < -0.4 is 11.1 Å². The summed E-state index contributed by atoms with van der Waals surface area (Å²) in [4.78, 5) is 4.03. The first-order valence-corrected chi connectivity index (χ1v) is 5.92. The van der Waals surface area contributed by atoms with Crippen molar-refractivity contribution >= 4 is 11.6 Å². The summed E-state index contributed by atoms with van der Waals surface area (Å²) < 4.78 is 0. The van der Waals surface area contributed by atoms with E-state index in [0.717, 1.165) is 18.5 Å². The SMILES string of the molecule is C#CCN=C(N)Nc1cccc2c1CCCC2. The molecule has 1 aromatic rings. The number of aryl methyl sites for hydroxylation is 1. The number of nitrogens with one attached hydrogen (secondary N) is 1. The van der Waals surface area contributed by atoms with Crippen LogP contribution in [0.4, 0.5) is 5.69 Å². The van der Waals surface area contributed by atoms with Crippen LogP contribution in [-0.2, 0) is 12.8 Å². The summed E-state index contributed by atoms with van der Waals surface area (Å²) in [6, 6.07) is 6.29. The Morgan fingerprint density at radius 1 is 1.41 bits per heavy atom. The lowest BCUT2D eigenvalue weighted by Gasteiger charge is -2.19. The number of guanidine groups is 1. The topological polar surface area (TPSA) is 50.4 Å². The number of anilines is 1. The molecule has 0 spiro atoms. The minimum atomic E-state index is 0.313. The molecule has 0 aliphatic heterocycles. The highest BCUT2D eigenvalue weighted by Gasteiger charge is 2.12. The van der Waals surface area contributed by atoms with E-state index in [1.54, 1.807) is 0 Å². The number of aliphatic imine (C=N–C) groups is 1. The maximum absolute atomic E-state index is 5.77. The Morgan fingerprint density at radius 3 is 3.06 bits per heavy atom. The molecular weight excluding hydrogens is 210 g/mol. The first-order valence-electron chi connectivity index (χ1n) is 5.92. The monoisotopic (exact) mass is 227 g/mol. The van der Waals surface area contributed by atoms with Crippen molar-refractivity contribution in [3.63, 3.8) is 0 Å². The van der Waals surface area contributed by atoms with Crippen molar-refractivity contribution in [3.05, 3.63) is 29.3 Å². The normalized spacial score (nSPS) is 14.9. The number of rotatable bonds is 2. The highest BCUT2D eigenvalue weighted by atomic mass is 15.1. The molecule has 0 radical (unpaired) electrons. The van der Waals surface area contributed by atoms with Crippen molar-refractivity contribution in [2.75, 3.05) is 11.9 Å². The molecule has 0 heterocycles. The zero-order valence-corrected chi connectivity index (χ0v) is 9.87. The molecule has 1 aromatic carbocycles. The molecule has 0 atom stereocenters. The average Bonchev–Trinajstić information content (AvgIpc) is 2.37. The van der Waals surface area contributed by atoms with E-state index in [1.807, 2.05) is 6.07 Å². The highest BCUT2D eigenvalue weighted by molar-refractivity contribution is 5.93. The lowest BCUT2D eigenvalue weighted by molar-refractivity contribution is 0.687. The van der Waals surface area contributed by atoms with Crippen LogP contribution in [0, 0.1) is 12.3 Å². The fraction of sp³-hybridized carbons (Fsp3) is 0.357. The predicted octanol–water partition coefficient (Wildman–Crippen LogP) is 1.93. The van der Waals surface area contributed by atoms with Gasteiger partial charge in [-0.3, -0.25) is 0 Å². The molecule has 1 aliphatic rings. The number of benzene rings is 1. The molecule has 0 aromatic heterocycles. The van der Waals surface area contributed by atoms with E-state index < -0.39 is 0 Å². The average molecular weight is 227 g/mol. The van der Waals surface area contributed by atoms with E-state index in [0.29, 0.717) is 12.5 Å². The Morgan fingerprint density at radius 2 is 2.24 bits per heavy atom. The molecule has 88 valence electrons. The Bertz CT molecular complexity index is 469. The van der Waals surface area contributed by atoms with Crippen LogP contribution in [0.25, 0.3) is 0 Å². The summed E-state index contributed by atoms with van der Waals surface area (Å²) in [5.74, 6) is 2.83. The van der Waals surface area contributed by atoms with Crippen molar-refractivity contribution in [1.82, 2.24) is 0 Å². The fourth-order valence-electron chi connectivity index (χ4n) is 2.21. The van der Waals surface area contributed by atoms with Gasteiger partial charge in [-0.1, -0.05) is 18.1 Å². The largest absolute Gasteiger partial charge is 0.370 e.